The standard InChI is InChI=1S/C29H18BrFN4O3/c30-17-5-8-19(9-6-17)35-16-22(27(36)20-3-1-2-4-24(20)35)29(37)34-18-7-10-26(23(31)15-18)38-25-12-14-33-28-21(25)11-13-32-28/h1-16H,(H,32,33)(H,34,37). The van der Waals surface area contributed by atoms with Gasteiger partial charge < -0.3 is 19.6 Å². The molecule has 3 aromatic carbocycles. The fraction of sp³-hybridized carbons (Fsp3) is 0. The summed E-state index contributed by atoms with van der Waals surface area (Å²) in [5.41, 5.74) is 1.76. The molecule has 3 aromatic heterocycles. The van der Waals surface area contributed by atoms with E-state index in [4.69, 9.17) is 4.74 Å². The molecule has 3 heterocycles. The van der Waals surface area contributed by atoms with Crippen LogP contribution in [0.5, 0.6) is 11.5 Å². The van der Waals surface area contributed by atoms with Crippen molar-refractivity contribution in [1.29, 1.82) is 0 Å². The highest BCUT2D eigenvalue weighted by molar-refractivity contribution is 9.10. The van der Waals surface area contributed by atoms with Crippen molar-refractivity contribution in [2.45, 2.75) is 0 Å². The van der Waals surface area contributed by atoms with Gasteiger partial charge in [0.15, 0.2) is 11.6 Å². The van der Waals surface area contributed by atoms with E-state index in [0.717, 1.165) is 16.2 Å². The quantitative estimate of drug-likeness (QED) is 0.239. The van der Waals surface area contributed by atoms with Crippen LogP contribution in [0.25, 0.3) is 27.6 Å². The number of nitrogens with zero attached hydrogens (tertiary/aromatic N) is 2. The maximum atomic E-state index is 15.0. The van der Waals surface area contributed by atoms with Gasteiger partial charge in [0.25, 0.3) is 5.91 Å². The summed E-state index contributed by atoms with van der Waals surface area (Å²) in [6, 6.07) is 22.1. The van der Waals surface area contributed by atoms with E-state index < -0.39 is 17.2 Å². The Bertz CT molecular complexity index is 1900. The summed E-state index contributed by atoms with van der Waals surface area (Å²) in [5.74, 6) is -0.895. The van der Waals surface area contributed by atoms with E-state index in [1.807, 2.05) is 36.4 Å². The Morgan fingerprint density at radius 3 is 2.61 bits per heavy atom. The number of anilines is 1. The molecule has 0 bridgehead atoms. The van der Waals surface area contributed by atoms with Crippen LogP contribution >= 0.6 is 15.9 Å². The number of amides is 1. The minimum absolute atomic E-state index is 0.0139. The first-order valence-electron chi connectivity index (χ1n) is 11.6. The van der Waals surface area contributed by atoms with Crippen molar-refractivity contribution in [1.82, 2.24) is 14.5 Å². The zero-order chi connectivity index (χ0) is 26.2. The number of benzene rings is 3. The fourth-order valence-electron chi connectivity index (χ4n) is 4.26. The number of fused-ring (bicyclic) bond motifs is 2. The van der Waals surface area contributed by atoms with E-state index >= 15 is 0 Å². The monoisotopic (exact) mass is 568 g/mol. The topological polar surface area (TPSA) is 89.0 Å². The van der Waals surface area contributed by atoms with Gasteiger partial charge >= 0.3 is 0 Å². The summed E-state index contributed by atoms with van der Waals surface area (Å²) in [4.78, 5) is 33.6. The zero-order valence-corrected chi connectivity index (χ0v) is 21.2. The number of carbonyl (C=O) groups excluding carboxylic acids is 1. The van der Waals surface area contributed by atoms with Crippen LogP contribution in [0.1, 0.15) is 10.4 Å². The van der Waals surface area contributed by atoms with E-state index in [1.54, 1.807) is 41.2 Å². The van der Waals surface area contributed by atoms with Gasteiger partial charge in [0, 0.05) is 45.9 Å². The van der Waals surface area contributed by atoms with Crippen LogP contribution in [0.2, 0.25) is 0 Å². The van der Waals surface area contributed by atoms with Crippen LogP contribution in [0, 0.1) is 5.82 Å². The van der Waals surface area contributed by atoms with Crippen LogP contribution in [-0.4, -0.2) is 20.4 Å². The van der Waals surface area contributed by atoms with Gasteiger partial charge in [-0.05, 0) is 60.7 Å². The molecule has 0 fully saturated rings. The first kappa shape index (κ1) is 23.6. The van der Waals surface area contributed by atoms with Gasteiger partial charge in [-0.1, -0.05) is 28.1 Å². The molecule has 0 aliphatic rings. The van der Waals surface area contributed by atoms with E-state index in [-0.39, 0.29) is 17.0 Å². The smallest absolute Gasteiger partial charge is 0.261 e. The van der Waals surface area contributed by atoms with E-state index in [9.17, 15) is 14.0 Å². The summed E-state index contributed by atoms with van der Waals surface area (Å²) < 4.78 is 23.4. The number of rotatable bonds is 5. The summed E-state index contributed by atoms with van der Waals surface area (Å²) in [6.45, 7) is 0. The maximum absolute atomic E-state index is 15.0. The fourth-order valence-corrected chi connectivity index (χ4v) is 4.52. The highest BCUT2D eigenvalue weighted by Crippen LogP contribution is 2.31. The van der Waals surface area contributed by atoms with Crippen molar-refractivity contribution in [3.05, 3.63) is 124 Å². The Kier molecular flexibility index (Phi) is 5.97. The third kappa shape index (κ3) is 4.33. The molecular weight excluding hydrogens is 551 g/mol. The minimum atomic E-state index is -0.672. The summed E-state index contributed by atoms with van der Waals surface area (Å²) in [7, 11) is 0. The lowest BCUT2D eigenvalue weighted by molar-refractivity contribution is 0.102. The molecule has 0 atom stereocenters. The molecule has 0 saturated carbocycles. The molecule has 0 saturated heterocycles. The van der Waals surface area contributed by atoms with Crippen molar-refractivity contribution in [2.75, 3.05) is 5.32 Å². The van der Waals surface area contributed by atoms with Crippen molar-refractivity contribution in [3.8, 4) is 17.2 Å². The Hall–Kier alpha value is -4.76. The molecule has 6 rings (SSSR count). The van der Waals surface area contributed by atoms with Gasteiger partial charge in [0.2, 0.25) is 5.43 Å². The van der Waals surface area contributed by atoms with Crippen LogP contribution in [-0.2, 0) is 0 Å². The highest BCUT2D eigenvalue weighted by Gasteiger charge is 2.18. The molecule has 0 radical (unpaired) electrons. The Balaban J connectivity index is 1.32. The summed E-state index contributed by atoms with van der Waals surface area (Å²) in [6.07, 6.45) is 4.78. The van der Waals surface area contributed by atoms with E-state index in [0.29, 0.717) is 27.7 Å². The number of carbonyl (C=O) groups is 1. The molecule has 1 amide bonds. The van der Waals surface area contributed by atoms with Gasteiger partial charge in [-0.25, -0.2) is 9.37 Å². The van der Waals surface area contributed by atoms with Gasteiger partial charge in [0.05, 0.1) is 10.9 Å². The van der Waals surface area contributed by atoms with E-state index in [2.05, 4.69) is 31.2 Å². The maximum Gasteiger partial charge on any atom is 0.261 e. The lowest BCUT2D eigenvalue weighted by atomic mass is 10.1. The molecule has 7 nitrogen and oxygen atoms in total. The number of ether oxygens (including phenoxy) is 1. The number of aromatic nitrogens is 3. The molecule has 2 N–H and O–H groups in total. The molecule has 0 aliphatic carbocycles. The molecule has 9 heteroatoms. The second-order valence-corrected chi connectivity index (χ2v) is 9.40. The third-order valence-electron chi connectivity index (χ3n) is 6.09. The lowest BCUT2D eigenvalue weighted by Crippen LogP contribution is -2.23. The first-order chi connectivity index (χ1) is 18.5. The first-order valence-corrected chi connectivity index (χ1v) is 12.4. The largest absolute Gasteiger partial charge is 0.453 e. The lowest BCUT2D eigenvalue weighted by Gasteiger charge is -2.14. The van der Waals surface area contributed by atoms with Crippen LogP contribution < -0.4 is 15.5 Å². The van der Waals surface area contributed by atoms with Crippen molar-refractivity contribution < 1.29 is 13.9 Å². The molecule has 0 aliphatic heterocycles. The normalized spacial score (nSPS) is 11.1. The van der Waals surface area contributed by atoms with Crippen molar-refractivity contribution in [3.63, 3.8) is 0 Å². The number of para-hydroxylation sites is 1. The van der Waals surface area contributed by atoms with E-state index in [1.165, 1.54) is 18.3 Å². The van der Waals surface area contributed by atoms with Crippen LogP contribution in [0.3, 0.4) is 0 Å². The number of nitrogens with one attached hydrogen (secondary N) is 2. The van der Waals surface area contributed by atoms with Gasteiger partial charge in [-0.3, -0.25) is 9.59 Å². The Labute approximate surface area is 223 Å². The molecule has 0 unspecified atom stereocenters. The summed E-state index contributed by atoms with van der Waals surface area (Å²) in [5, 5.41) is 3.74. The number of hydrogen-bond acceptors (Lipinski definition) is 4. The number of hydrogen-bond donors (Lipinski definition) is 2. The van der Waals surface area contributed by atoms with Gasteiger partial charge in [0.1, 0.15) is 17.0 Å². The minimum Gasteiger partial charge on any atom is -0.453 e. The second-order valence-electron chi connectivity index (χ2n) is 8.49. The number of halogens is 2. The van der Waals surface area contributed by atoms with Crippen molar-refractivity contribution >= 4 is 49.5 Å². The number of H-pyrrole nitrogens is 1. The average Bonchev–Trinajstić information content (AvgIpc) is 3.41. The Morgan fingerprint density at radius 1 is 0.974 bits per heavy atom. The van der Waals surface area contributed by atoms with Crippen molar-refractivity contribution in [2.24, 2.45) is 0 Å². The summed E-state index contributed by atoms with van der Waals surface area (Å²) >= 11 is 3.42. The van der Waals surface area contributed by atoms with Crippen LogP contribution in [0.15, 0.2) is 107 Å². The second kappa shape index (κ2) is 9.60. The highest BCUT2D eigenvalue weighted by atomic mass is 79.9. The zero-order valence-electron chi connectivity index (χ0n) is 19.6. The predicted molar refractivity (Wildman–Crippen MR) is 148 cm³/mol. The number of aromatic amines is 1. The molecule has 6 aromatic rings. The Morgan fingerprint density at radius 2 is 1.79 bits per heavy atom. The third-order valence-corrected chi connectivity index (χ3v) is 6.62. The number of pyridine rings is 2. The molecular formula is C29H18BrFN4O3. The van der Waals surface area contributed by atoms with Gasteiger partial charge in [-0.2, -0.15) is 0 Å². The predicted octanol–water partition coefficient (Wildman–Crippen LogP) is 6.81. The molecule has 38 heavy (non-hydrogen) atoms. The molecule has 0 spiro atoms. The SMILES string of the molecule is O=C(Nc1ccc(Oc2ccnc3[nH]ccc23)c(F)c1)c1cn(-c2ccc(Br)cc2)c2ccccc2c1=O. The average molecular weight is 569 g/mol. The van der Waals surface area contributed by atoms with Gasteiger partial charge in [-0.15, -0.1) is 0 Å². The molecule has 186 valence electrons. The van der Waals surface area contributed by atoms with Crippen LogP contribution in [0.4, 0.5) is 10.1 Å².